The molecule has 0 aliphatic heterocycles. The predicted octanol–water partition coefficient (Wildman–Crippen LogP) is 0.627. The largest absolute Gasteiger partial charge is 0.419 e. The Hall–Kier alpha value is -2.57. The second-order valence-electron chi connectivity index (χ2n) is 4.82. The zero-order chi connectivity index (χ0) is 15.9. The molecule has 0 fully saturated rings. The molecule has 0 aliphatic rings. The van der Waals surface area contributed by atoms with Crippen LogP contribution >= 0.6 is 0 Å². The minimum atomic E-state index is -0.427. The van der Waals surface area contributed by atoms with E-state index < -0.39 is 5.76 Å². The van der Waals surface area contributed by atoms with Gasteiger partial charge in [-0.2, -0.15) is 0 Å². The Balaban J connectivity index is 1.83. The van der Waals surface area contributed by atoms with E-state index in [-0.39, 0.29) is 24.8 Å². The van der Waals surface area contributed by atoms with Crippen molar-refractivity contribution in [2.24, 2.45) is 0 Å². The summed E-state index contributed by atoms with van der Waals surface area (Å²) < 4.78 is 6.62. The normalized spacial score (nSPS) is 10.6. The van der Waals surface area contributed by atoms with Crippen LogP contribution in [0.15, 0.2) is 33.5 Å². The molecule has 1 aromatic heterocycles. The van der Waals surface area contributed by atoms with Crippen molar-refractivity contribution in [2.45, 2.75) is 26.3 Å². The topological polar surface area (TPSA) is 93.3 Å². The molecule has 0 radical (unpaired) electrons. The fourth-order valence-corrected chi connectivity index (χ4v) is 2.15. The summed E-state index contributed by atoms with van der Waals surface area (Å²) in [5.41, 5.74) is 1.25. The number of fused-ring (bicyclic) bond motifs is 1. The zero-order valence-electron chi connectivity index (χ0n) is 12.4. The fourth-order valence-electron chi connectivity index (χ4n) is 2.15. The van der Waals surface area contributed by atoms with Gasteiger partial charge in [0.25, 0.3) is 0 Å². The molecule has 0 atom stereocenters. The van der Waals surface area contributed by atoms with Crippen molar-refractivity contribution in [3.63, 3.8) is 0 Å². The molecule has 1 heterocycles. The van der Waals surface area contributed by atoms with Crippen LogP contribution in [0, 0.1) is 0 Å². The average molecular weight is 305 g/mol. The lowest BCUT2D eigenvalue weighted by Gasteiger charge is -2.05. The van der Waals surface area contributed by atoms with Gasteiger partial charge in [-0.25, -0.2) is 4.79 Å². The van der Waals surface area contributed by atoms with E-state index in [0.29, 0.717) is 25.1 Å². The number of hydrogen-bond donors (Lipinski definition) is 2. The molecular formula is C15H19N3O4. The number of carbonyl (C=O) groups excluding carboxylic acids is 2. The first-order valence-electron chi connectivity index (χ1n) is 7.23. The second kappa shape index (κ2) is 7.44. The van der Waals surface area contributed by atoms with Crippen molar-refractivity contribution in [1.29, 1.82) is 0 Å². The Morgan fingerprint density at radius 3 is 2.73 bits per heavy atom. The Kier molecular flexibility index (Phi) is 5.35. The number of rotatable bonds is 7. The first-order chi connectivity index (χ1) is 10.6. The number of nitrogens with one attached hydrogen (secondary N) is 2. The van der Waals surface area contributed by atoms with Crippen LogP contribution in [0.4, 0.5) is 0 Å². The number of aryl methyl sites for hydroxylation is 1. The standard InChI is InChI=1S/C15H19N3O4/c1-2-16-14(20)10-17-13(19)8-5-9-18-11-6-3-4-7-12(11)22-15(18)21/h3-4,6-7H,2,5,8-10H2,1H3,(H,16,20)(H,17,19). The number of nitrogens with zero attached hydrogens (tertiary/aromatic N) is 1. The molecule has 2 amide bonds. The third kappa shape index (κ3) is 3.97. The highest BCUT2D eigenvalue weighted by Gasteiger charge is 2.09. The minimum absolute atomic E-state index is 0.0265. The van der Waals surface area contributed by atoms with Crippen LogP contribution < -0.4 is 16.4 Å². The summed E-state index contributed by atoms with van der Waals surface area (Å²) >= 11 is 0. The number of carbonyl (C=O) groups is 2. The number of para-hydroxylation sites is 2. The van der Waals surface area contributed by atoms with Gasteiger partial charge in [0, 0.05) is 19.5 Å². The lowest BCUT2D eigenvalue weighted by atomic mass is 10.2. The number of aromatic nitrogens is 1. The van der Waals surface area contributed by atoms with Crippen molar-refractivity contribution in [2.75, 3.05) is 13.1 Å². The monoisotopic (exact) mass is 305 g/mol. The van der Waals surface area contributed by atoms with E-state index in [9.17, 15) is 14.4 Å². The molecule has 0 bridgehead atoms. The Morgan fingerprint density at radius 1 is 1.18 bits per heavy atom. The molecule has 118 valence electrons. The van der Waals surface area contributed by atoms with Gasteiger partial charge in [0.2, 0.25) is 11.8 Å². The highest BCUT2D eigenvalue weighted by Crippen LogP contribution is 2.12. The minimum Gasteiger partial charge on any atom is -0.408 e. The summed E-state index contributed by atoms with van der Waals surface area (Å²) in [6.07, 6.45) is 0.732. The van der Waals surface area contributed by atoms with E-state index in [2.05, 4.69) is 10.6 Å². The molecule has 22 heavy (non-hydrogen) atoms. The van der Waals surface area contributed by atoms with Crippen molar-refractivity contribution in [1.82, 2.24) is 15.2 Å². The second-order valence-corrected chi connectivity index (χ2v) is 4.82. The maximum Gasteiger partial charge on any atom is 0.419 e. The first-order valence-corrected chi connectivity index (χ1v) is 7.23. The molecule has 0 spiro atoms. The van der Waals surface area contributed by atoms with Gasteiger partial charge in [-0.15, -0.1) is 0 Å². The van der Waals surface area contributed by atoms with E-state index >= 15 is 0 Å². The summed E-state index contributed by atoms with van der Waals surface area (Å²) in [7, 11) is 0. The van der Waals surface area contributed by atoms with Gasteiger partial charge in [-0.3, -0.25) is 14.2 Å². The van der Waals surface area contributed by atoms with Gasteiger partial charge in [0.1, 0.15) is 0 Å². The van der Waals surface area contributed by atoms with Crippen molar-refractivity contribution < 1.29 is 14.0 Å². The fraction of sp³-hybridized carbons (Fsp3) is 0.400. The lowest BCUT2D eigenvalue weighted by molar-refractivity contribution is -0.126. The molecule has 2 rings (SSSR count). The Morgan fingerprint density at radius 2 is 1.95 bits per heavy atom. The van der Waals surface area contributed by atoms with E-state index in [0.717, 1.165) is 5.52 Å². The van der Waals surface area contributed by atoms with Crippen LogP contribution in [0.25, 0.3) is 11.1 Å². The maximum absolute atomic E-state index is 11.7. The third-order valence-electron chi connectivity index (χ3n) is 3.18. The van der Waals surface area contributed by atoms with Gasteiger partial charge in [0.05, 0.1) is 12.1 Å². The number of oxazole rings is 1. The van der Waals surface area contributed by atoms with Crippen LogP contribution in [-0.4, -0.2) is 29.5 Å². The predicted molar refractivity (Wildman–Crippen MR) is 81.4 cm³/mol. The Labute approximate surface area is 127 Å². The van der Waals surface area contributed by atoms with Crippen LogP contribution in [0.3, 0.4) is 0 Å². The molecular weight excluding hydrogens is 286 g/mol. The van der Waals surface area contributed by atoms with Crippen LogP contribution in [0.5, 0.6) is 0 Å². The Bertz CT molecular complexity index is 717. The molecule has 0 saturated heterocycles. The highest BCUT2D eigenvalue weighted by molar-refractivity contribution is 5.84. The molecule has 0 unspecified atom stereocenters. The number of hydrogen-bond acceptors (Lipinski definition) is 4. The summed E-state index contributed by atoms with van der Waals surface area (Å²) in [5.74, 6) is -0.857. The summed E-state index contributed by atoms with van der Waals surface area (Å²) in [5, 5.41) is 5.13. The SMILES string of the molecule is CCNC(=O)CNC(=O)CCCn1c(=O)oc2ccccc21. The molecule has 1 aromatic carbocycles. The molecule has 0 saturated carbocycles. The third-order valence-corrected chi connectivity index (χ3v) is 3.18. The van der Waals surface area contributed by atoms with Crippen LogP contribution in [0.1, 0.15) is 19.8 Å². The van der Waals surface area contributed by atoms with Gasteiger partial charge in [0.15, 0.2) is 5.58 Å². The molecule has 2 N–H and O–H groups in total. The maximum atomic E-state index is 11.7. The highest BCUT2D eigenvalue weighted by atomic mass is 16.4. The van der Waals surface area contributed by atoms with Gasteiger partial charge >= 0.3 is 5.76 Å². The van der Waals surface area contributed by atoms with Gasteiger partial charge in [-0.05, 0) is 25.5 Å². The van der Waals surface area contributed by atoms with Crippen molar-refractivity contribution in [3.8, 4) is 0 Å². The molecule has 7 heteroatoms. The quantitative estimate of drug-likeness (QED) is 0.784. The molecule has 7 nitrogen and oxygen atoms in total. The van der Waals surface area contributed by atoms with E-state index in [4.69, 9.17) is 4.42 Å². The summed E-state index contributed by atoms with van der Waals surface area (Å²) in [6.45, 7) is 2.71. The van der Waals surface area contributed by atoms with Gasteiger partial charge in [-0.1, -0.05) is 12.1 Å². The lowest BCUT2D eigenvalue weighted by Crippen LogP contribution is -2.36. The van der Waals surface area contributed by atoms with E-state index in [1.54, 1.807) is 18.2 Å². The summed E-state index contributed by atoms with van der Waals surface area (Å²) in [6, 6.07) is 7.15. The van der Waals surface area contributed by atoms with Gasteiger partial charge < -0.3 is 15.1 Å². The smallest absolute Gasteiger partial charge is 0.408 e. The average Bonchev–Trinajstić information content (AvgIpc) is 2.82. The first kappa shape index (κ1) is 15.8. The van der Waals surface area contributed by atoms with E-state index in [1.807, 2.05) is 13.0 Å². The van der Waals surface area contributed by atoms with E-state index in [1.165, 1.54) is 4.57 Å². The summed E-state index contributed by atoms with van der Waals surface area (Å²) in [4.78, 5) is 34.6. The zero-order valence-corrected chi connectivity index (χ0v) is 12.4. The van der Waals surface area contributed by atoms with Crippen molar-refractivity contribution >= 4 is 22.9 Å². The molecule has 0 aliphatic carbocycles. The number of likely N-dealkylation sites (N-methyl/N-ethyl adjacent to an activating group) is 1. The van der Waals surface area contributed by atoms with Crippen LogP contribution in [0.2, 0.25) is 0 Å². The number of benzene rings is 1. The van der Waals surface area contributed by atoms with Crippen molar-refractivity contribution in [3.05, 3.63) is 34.8 Å². The molecule has 2 aromatic rings. The number of amides is 2. The van der Waals surface area contributed by atoms with Crippen LogP contribution in [-0.2, 0) is 16.1 Å².